The zero-order chi connectivity index (χ0) is 8.39. The number of aliphatic hydroxyl groups excluding tert-OH is 1. The molecule has 2 saturated heterocycles. The molecule has 0 radical (unpaired) electrons. The number of aliphatic hydroxyl groups is 1. The topological polar surface area (TPSA) is 41.5 Å². The van der Waals surface area contributed by atoms with Crippen LogP contribution in [0.5, 0.6) is 0 Å². The third kappa shape index (κ3) is 1.49. The molecule has 3 atom stereocenters. The summed E-state index contributed by atoms with van der Waals surface area (Å²) < 4.78 is 5.35. The fourth-order valence-electron chi connectivity index (χ4n) is 2.40. The first kappa shape index (κ1) is 8.48. The smallest absolute Gasteiger partial charge is 0.0498 e. The Labute approximate surface area is 73.1 Å². The lowest BCUT2D eigenvalue weighted by Gasteiger charge is -2.21. The van der Waals surface area contributed by atoms with Gasteiger partial charge in [-0.15, -0.1) is 0 Å². The maximum atomic E-state index is 9.12. The van der Waals surface area contributed by atoms with Crippen molar-refractivity contribution in [2.24, 2.45) is 17.8 Å². The minimum Gasteiger partial charge on any atom is -0.396 e. The van der Waals surface area contributed by atoms with Crippen LogP contribution in [0, 0.1) is 17.8 Å². The van der Waals surface area contributed by atoms with Crippen LogP contribution in [0.4, 0.5) is 0 Å². The third-order valence-electron chi connectivity index (χ3n) is 3.20. The van der Waals surface area contributed by atoms with Gasteiger partial charge in [0.05, 0.1) is 0 Å². The minimum atomic E-state index is 0.328. The van der Waals surface area contributed by atoms with Crippen molar-refractivity contribution >= 4 is 0 Å². The number of rotatable bonds is 2. The molecule has 70 valence electrons. The average Bonchev–Trinajstić information content (AvgIpc) is 2.74. The Hall–Kier alpha value is -0.120. The lowest BCUT2D eigenvalue weighted by molar-refractivity contribution is 0.142. The Bertz CT molecular complexity index is 145. The van der Waals surface area contributed by atoms with Gasteiger partial charge in [0.1, 0.15) is 0 Å². The minimum absolute atomic E-state index is 0.328. The zero-order valence-corrected chi connectivity index (χ0v) is 7.33. The van der Waals surface area contributed by atoms with Crippen LogP contribution in [-0.4, -0.2) is 38.0 Å². The molecule has 2 heterocycles. The van der Waals surface area contributed by atoms with Crippen LogP contribution in [-0.2, 0) is 4.74 Å². The molecule has 0 aliphatic carbocycles. The Morgan fingerprint density at radius 1 is 1.42 bits per heavy atom. The van der Waals surface area contributed by atoms with Crippen LogP contribution in [0.25, 0.3) is 0 Å². The van der Waals surface area contributed by atoms with Gasteiger partial charge in [0, 0.05) is 26.4 Å². The van der Waals surface area contributed by atoms with E-state index in [4.69, 9.17) is 9.84 Å². The van der Waals surface area contributed by atoms with E-state index in [1.807, 2.05) is 0 Å². The maximum absolute atomic E-state index is 9.12. The van der Waals surface area contributed by atoms with E-state index in [1.54, 1.807) is 0 Å². The summed E-state index contributed by atoms with van der Waals surface area (Å²) in [4.78, 5) is 0. The Balaban J connectivity index is 1.92. The highest BCUT2D eigenvalue weighted by Gasteiger charge is 2.34. The summed E-state index contributed by atoms with van der Waals surface area (Å²) in [6, 6.07) is 0. The zero-order valence-electron chi connectivity index (χ0n) is 7.33. The number of nitrogens with one attached hydrogen (secondary N) is 1. The first-order valence-corrected chi connectivity index (χ1v) is 4.81. The quantitative estimate of drug-likeness (QED) is 0.607. The van der Waals surface area contributed by atoms with E-state index in [9.17, 15) is 0 Å². The van der Waals surface area contributed by atoms with E-state index < -0.39 is 0 Å². The van der Waals surface area contributed by atoms with Crippen LogP contribution >= 0.6 is 0 Å². The van der Waals surface area contributed by atoms with Gasteiger partial charge in [-0.1, -0.05) is 0 Å². The summed E-state index contributed by atoms with van der Waals surface area (Å²) >= 11 is 0. The molecule has 3 heteroatoms. The van der Waals surface area contributed by atoms with Crippen LogP contribution in [0.1, 0.15) is 6.42 Å². The van der Waals surface area contributed by atoms with E-state index in [2.05, 4.69) is 5.32 Å². The van der Waals surface area contributed by atoms with Crippen LogP contribution in [0.15, 0.2) is 0 Å². The van der Waals surface area contributed by atoms with Crippen LogP contribution < -0.4 is 5.32 Å². The van der Waals surface area contributed by atoms with Gasteiger partial charge in [-0.3, -0.25) is 0 Å². The molecule has 2 fully saturated rings. The Kier molecular flexibility index (Phi) is 2.63. The summed E-state index contributed by atoms with van der Waals surface area (Å²) in [6.07, 6.45) is 1.18. The fraction of sp³-hybridized carbons (Fsp3) is 1.00. The first-order chi connectivity index (χ1) is 5.92. The van der Waals surface area contributed by atoms with Gasteiger partial charge < -0.3 is 15.2 Å². The summed E-state index contributed by atoms with van der Waals surface area (Å²) in [5, 5.41) is 12.5. The fourth-order valence-corrected chi connectivity index (χ4v) is 2.40. The molecule has 2 N–H and O–H groups in total. The van der Waals surface area contributed by atoms with Crippen LogP contribution in [0.2, 0.25) is 0 Å². The van der Waals surface area contributed by atoms with E-state index in [1.165, 1.54) is 6.42 Å². The van der Waals surface area contributed by atoms with Gasteiger partial charge in [0.2, 0.25) is 0 Å². The first-order valence-electron chi connectivity index (χ1n) is 4.81. The SMILES string of the molecule is OCC1CNCC1C1CCOC1. The molecule has 0 saturated carbocycles. The average molecular weight is 171 g/mol. The molecule has 0 aromatic carbocycles. The van der Waals surface area contributed by atoms with Gasteiger partial charge in [-0.05, 0) is 30.7 Å². The van der Waals surface area contributed by atoms with Gasteiger partial charge in [-0.25, -0.2) is 0 Å². The largest absolute Gasteiger partial charge is 0.396 e. The maximum Gasteiger partial charge on any atom is 0.0498 e. The standard InChI is InChI=1S/C9H17NO2/c11-5-8-3-10-4-9(8)7-1-2-12-6-7/h7-11H,1-6H2. The summed E-state index contributed by atoms with van der Waals surface area (Å²) in [5.74, 6) is 1.81. The molecule has 0 bridgehead atoms. The molecule has 3 nitrogen and oxygen atoms in total. The molecule has 2 aliphatic heterocycles. The monoisotopic (exact) mass is 171 g/mol. The summed E-state index contributed by atoms with van der Waals surface area (Å²) in [5.41, 5.74) is 0. The van der Waals surface area contributed by atoms with Crippen molar-refractivity contribution in [1.82, 2.24) is 5.32 Å². The number of hydrogen-bond donors (Lipinski definition) is 2. The Morgan fingerprint density at radius 2 is 2.33 bits per heavy atom. The molecule has 12 heavy (non-hydrogen) atoms. The lowest BCUT2D eigenvalue weighted by Crippen LogP contribution is -2.25. The summed E-state index contributed by atoms with van der Waals surface area (Å²) in [6.45, 7) is 4.20. The molecule has 0 aromatic heterocycles. The van der Waals surface area contributed by atoms with E-state index in [0.717, 1.165) is 26.3 Å². The van der Waals surface area contributed by atoms with Gasteiger partial charge in [-0.2, -0.15) is 0 Å². The van der Waals surface area contributed by atoms with Gasteiger partial charge >= 0.3 is 0 Å². The highest BCUT2D eigenvalue weighted by molar-refractivity contribution is 4.86. The van der Waals surface area contributed by atoms with Crippen molar-refractivity contribution in [3.8, 4) is 0 Å². The number of ether oxygens (including phenoxy) is 1. The van der Waals surface area contributed by atoms with Crippen molar-refractivity contribution < 1.29 is 9.84 Å². The summed E-state index contributed by atoms with van der Waals surface area (Å²) in [7, 11) is 0. The molecule has 0 amide bonds. The molecule has 3 unspecified atom stereocenters. The molecule has 2 aliphatic rings. The highest BCUT2D eigenvalue weighted by atomic mass is 16.5. The molecular weight excluding hydrogens is 154 g/mol. The predicted octanol–water partition coefficient (Wildman–Crippen LogP) is -0.149. The van der Waals surface area contributed by atoms with Crippen molar-refractivity contribution in [3.63, 3.8) is 0 Å². The molecule has 2 rings (SSSR count). The highest BCUT2D eigenvalue weighted by Crippen LogP contribution is 2.30. The normalized spacial score (nSPS) is 42.2. The van der Waals surface area contributed by atoms with E-state index in [0.29, 0.717) is 24.4 Å². The second kappa shape index (κ2) is 3.73. The van der Waals surface area contributed by atoms with E-state index in [-0.39, 0.29) is 0 Å². The number of hydrogen-bond acceptors (Lipinski definition) is 3. The Morgan fingerprint density at radius 3 is 3.00 bits per heavy atom. The van der Waals surface area contributed by atoms with Crippen molar-refractivity contribution in [2.45, 2.75) is 6.42 Å². The van der Waals surface area contributed by atoms with Gasteiger partial charge in [0.15, 0.2) is 0 Å². The molecule has 0 spiro atoms. The second-order valence-electron chi connectivity index (χ2n) is 3.89. The lowest BCUT2D eigenvalue weighted by atomic mass is 9.84. The van der Waals surface area contributed by atoms with E-state index >= 15 is 0 Å². The van der Waals surface area contributed by atoms with Crippen molar-refractivity contribution in [3.05, 3.63) is 0 Å². The predicted molar refractivity (Wildman–Crippen MR) is 45.9 cm³/mol. The van der Waals surface area contributed by atoms with Crippen molar-refractivity contribution in [1.29, 1.82) is 0 Å². The molecular formula is C9H17NO2. The van der Waals surface area contributed by atoms with Crippen LogP contribution in [0.3, 0.4) is 0 Å². The second-order valence-corrected chi connectivity index (χ2v) is 3.89. The third-order valence-corrected chi connectivity index (χ3v) is 3.20. The van der Waals surface area contributed by atoms with Crippen molar-refractivity contribution in [2.75, 3.05) is 32.9 Å². The molecule has 0 aromatic rings. The van der Waals surface area contributed by atoms with Gasteiger partial charge in [0.25, 0.3) is 0 Å².